The summed E-state index contributed by atoms with van der Waals surface area (Å²) in [5.41, 5.74) is -3.94. The van der Waals surface area contributed by atoms with E-state index in [2.05, 4.69) is 4.90 Å². The van der Waals surface area contributed by atoms with E-state index in [-0.39, 0.29) is 5.69 Å². The minimum atomic E-state index is -5.10. The zero-order valence-electron chi connectivity index (χ0n) is 18.6. The third-order valence-electron chi connectivity index (χ3n) is 6.54. The highest BCUT2D eigenvalue weighted by Crippen LogP contribution is 2.38. The number of benzene rings is 2. The van der Waals surface area contributed by atoms with Crippen LogP contribution in [0.3, 0.4) is 0 Å². The van der Waals surface area contributed by atoms with Gasteiger partial charge in [0.05, 0.1) is 11.3 Å². The molecule has 4 nitrogen and oxygen atoms in total. The second-order valence-electron chi connectivity index (χ2n) is 8.84. The van der Waals surface area contributed by atoms with Gasteiger partial charge in [0.2, 0.25) is 0 Å². The molecule has 4 rings (SSSR count). The van der Waals surface area contributed by atoms with Crippen LogP contribution in [0.25, 0.3) is 0 Å². The molecule has 0 saturated carbocycles. The molecule has 0 spiro atoms. The van der Waals surface area contributed by atoms with Gasteiger partial charge in [0.15, 0.2) is 0 Å². The van der Waals surface area contributed by atoms with Gasteiger partial charge in [-0.15, -0.1) is 0 Å². The Bertz CT molecular complexity index is 1070. The first-order valence-corrected chi connectivity index (χ1v) is 11.3. The van der Waals surface area contributed by atoms with Crippen LogP contribution in [-0.2, 0) is 12.4 Å². The number of hydrogen-bond acceptors (Lipinski definition) is 3. The van der Waals surface area contributed by atoms with Crippen LogP contribution in [0.2, 0.25) is 0 Å². The van der Waals surface area contributed by atoms with Crippen LogP contribution in [-0.4, -0.2) is 43.0 Å². The number of anilines is 2. The number of piperidine rings is 1. The van der Waals surface area contributed by atoms with Gasteiger partial charge in [-0.2, -0.15) is 26.3 Å². The van der Waals surface area contributed by atoms with E-state index in [4.69, 9.17) is 0 Å². The maximum Gasteiger partial charge on any atom is 0.421 e. The van der Waals surface area contributed by atoms with Gasteiger partial charge in [0.1, 0.15) is 11.4 Å². The van der Waals surface area contributed by atoms with Gasteiger partial charge in [-0.25, -0.2) is 4.39 Å². The molecule has 0 atom stereocenters. The zero-order valence-corrected chi connectivity index (χ0v) is 18.6. The van der Waals surface area contributed by atoms with E-state index in [1.165, 1.54) is 6.07 Å². The van der Waals surface area contributed by atoms with Gasteiger partial charge in [-0.3, -0.25) is 4.79 Å². The van der Waals surface area contributed by atoms with Crippen molar-refractivity contribution < 1.29 is 35.5 Å². The molecule has 2 aliphatic heterocycles. The molecular formula is C24H24F7N3O. The summed E-state index contributed by atoms with van der Waals surface area (Å²) in [4.78, 5) is 16.9. The number of carbonyl (C=O) groups is 1. The fourth-order valence-electron chi connectivity index (χ4n) is 4.80. The van der Waals surface area contributed by atoms with Crippen molar-refractivity contribution in [2.24, 2.45) is 0 Å². The van der Waals surface area contributed by atoms with Crippen molar-refractivity contribution >= 4 is 17.3 Å². The number of rotatable bonds is 4. The Morgan fingerprint density at radius 1 is 0.886 bits per heavy atom. The van der Waals surface area contributed by atoms with Crippen molar-refractivity contribution in [2.75, 3.05) is 36.4 Å². The summed E-state index contributed by atoms with van der Waals surface area (Å²) in [7, 11) is 0. The Kier molecular flexibility index (Phi) is 6.99. The van der Waals surface area contributed by atoms with Crippen molar-refractivity contribution in [3.8, 4) is 0 Å². The maximum absolute atomic E-state index is 13.8. The average Bonchev–Trinajstić information content (AvgIpc) is 3.32. The Balaban J connectivity index is 1.59. The Morgan fingerprint density at radius 3 is 2.14 bits per heavy atom. The highest BCUT2D eigenvalue weighted by molar-refractivity contribution is 6.05. The SMILES string of the molecule is O=C(Nc1cccc(F)c1C(F)(F)F)c1cc(N2CCC(N3CCCC3)CC2)cc(C(F)(F)F)c1. The highest BCUT2D eigenvalue weighted by atomic mass is 19.4. The van der Waals surface area contributed by atoms with Crippen LogP contribution in [0.4, 0.5) is 42.1 Å². The number of alkyl halides is 6. The lowest BCUT2D eigenvalue weighted by Gasteiger charge is -2.38. The van der Waals surface area contributed by atoms with Gasteiger partial charge in [-0.05, 0) is 69.1 Å². The number of nitrogens with one attached hydrogen (secondary N) is 1. The summed E-state index contributed by atoms with van der Waals surface area (Å²) >= 11 is 0. The van der Waals surface area contributed by atoms with Gasteiger partial charge in [0, 0.05) is 30.4 Å². The van der Waals surface area contributed by atoms with Crippen molar-refractivity contribution in [3.63, 3.8) is 0 Å². The molecule has 11 heteroatoms. The van der Waals surface area contributed by atoms with Crippen LogP contribution in [0, 0.1) is 5.82 Å². The molecule has 2 aromatic carbocycles. The summed E-state index contributed by atoms with van der Waals surface area (Å²) in [6, 6.07) is 5.53. The third-order valence-corrected chi connectivity index (χ3v) is 6.54. The molecule has 2 aliphatic rings. The predicted octanol–water partition coefficient (Wildman–Crippen LogP) is 6.18. The lowest BCUT2D eigenvalue weighted by atomic mass is 10.0. The molecule has 1 N–H and O–H groups in total. The van der Waals surface area contributed by atoms with E-state index in [9.17, 15) is 35.5 Å². The standard InChI is InChI=1S/C24H24F7N3O/c25-19-4-3-5-20(21(19)24(29,30)31)32-22(35)15-12-16(23(26,27)28)14-18(13-15)34-10-6-17(7-11-34)33-8-1-2-9-33/h3-5,12-14,17H,1-2,6-11H2,(H,32,35). The van der Waals surface area contributed by atoms with Crippen LogP contribution < -0.4 is 10.2 Å². The molecule has 2 fully saturated rings. The molecule has 0 aliphatic carbocycles. The van der Waals surface area contributed by atoms with Gasteiger partial charge in [0.25, 0.3) is 5.91 Å². The number of carbonyl (C=O) groups excluding carboxylic acids is 1. The summed E-state index contributed by atoms with van der Waals surface area (Å²) in [5.74, 6) is -2.79. The molecule has 0 unspecified atom stereocenters. The van der Waals surface area contributed by atoms with Crippen molar-refractivity contribution in [2.45, 2.75) is 44.1 Å². The number of amides is 1. The van der Waals surface area contributed by atoms with Crippen molar-refractivity contribution in [1.29, 1.82) is 0 Å². The van der Waals surface area contributed by atoms with Gasteiger partial charge in [-0.1, -0.05) is 6.07 Å². The van der Waals surface area contributed by atoms with Crippen LogP contribution in [0.1, 0.15) is 47.2 Å². The fraction of sp³-hybridized carbons (Fsp3) is 0.458. The van der Waals surface area contributed by atoms with E-state index in [1.54, 1.807) is 4.90 Å². The van der Waals surface area contributed by atoms with Crippen molar-refractivity contribution in [3.05, 3.63) is 58.9 Å². The Hall–Kier alpha value is -2.82. The number of likely N-dealkylation sites (tertiary alicyclic amines) is 1. The summed E-state index contributed by atoms with van der Waals surface area (Å²) < 4.78 is 94.5. The lowest BCUT2D eigenvalue weighted by Crippen LogP contribution is -2.44. The molecule has 190 valence electrons. The Labute approximate surface area is 197 Å². The predicted molar refractivity (Wildman–Crippen MR) is 117 cm³/mol. The fourth-order valence-corrected chi connectivity index (χ4v) is 4.80. The minimum Gasteiger partial charge on any atom is -0.371 e. The molecule has 1 amide bonds. The van der Waals surface area contributed by atoms with E-state index in [0.717, 1.165) is 57.0 Å². The molecule has 2 saturated heterocycles. The van der Waals surface area contributed by atoms with E-state index >= 15 is 0 Å². The lowest BCUT2D eigenvalue weighted by molar-refractivity contribution is -0.139. The monoisotopic (exact) mass is 503 g/mol. The largest absolute Gasteiger partial charge is 0.421 e. The van der Waals surface area contributed by atoms with Crippen LogP contribution in [0.5, 0.6) is 0 Å². The van der Waals surface area contributed by atoms with E-state index in [1.807, 2.05) is 5.32 Å². The summed E-state index contributed by atoms with van der Waals surface area (Å²) in [6.45, 7) is 3.01. The first-order chi connectivity index (χ1) is 16.4. The molecule has 0 aromatic heterocycles. The molecule has 2 aromatic rings. The van der Waals surface area contributed by atoms with E-state index in [0.29, 0.717) is 31.3 Å². The second kappa shape index (κ2) is 9.67. The molecule has 0 radical (unpaired) electrons. The first-order valence-electron chi connectivity index (χ1n) is 11.3. The zero-order chi connectivity index (χ0) is 25.4. The molecular weight excluding hydrogens is 479 g/mol. The van der Waals surface area contributed by atoms with E-state index < -0.39 is 46.5 Å². The van der Waals surface area contributed by atoms with Crippen LogP contribution in [0.15, 0.2) is 36.4 Å². The smallest absolute Gasteiger partial charge is 0.371 e. The Morgan fingerprint density at radius 2 is 1.54 bits per heavy atom. The van der Waals surface area contributed by atoms with Crippen LogP contribution >= 0.6 is 0 Å². The number of halogens is 7. The topological polar surface area (TPSA) is 35.6 Å². The quantitative estimate of drug-likeness (QED) is 0.507. The molecule has 2 heterocycles. The number of nitrogens with zero attached hydrogens (tertiary/aromatic N) is 2. The summed E-state index contributed by atoms with van der Waals surface area (Å²) in [6.07, 6.45) is -6.09. The maximum atomic E-state index is 13.8. The minimum absolute atomic E-state index is 0.167. The van der Waals surface area contributed by atoms with Crippen molar-refractivity contribution in [1.82, 2.24) is 4.90 Å². The average molecular weight is 503 g/mol. The summed E-state index contributed by atoms with van der Waals surface area (Å²) in [5, 5.41) is 1.94. The molecule has 0 bridgehead atoms. The van der Waals surface area contributed by atoms with Gasteiger partial charge >= 0.3 is 12.4 Å². The highest BCUT2D eigenvalue weighted by Gasteiger charge is 2.38. The van der Waals surface area contributed by atoms with Gasteiger partial charge < -0.3 is 15.1 Å². The third kappa shape index (κ3) is 5.71. The first kappa shape index (κ1) is 25.3. The number of hydrogen-bond donors (Lipinski definition) is 1. The molecule has 35 heavy (non-hydrogen) atoms. The normalized spacial score (nSPS) is 18.2. The second-order valence-corrected chi connectivity index (χ2v) is 8.84.